The fourth-order valence-electron chi connectivity index (χ4n) is 3.59. The highest BCUT2D eigenvalue weighted by atomic mass is 35.5. The van der Waals surface area contributed by atoms with Crippen molar-refractivity contribution >= 4 is 34.4 Å². The van der Waals surface area contributed by atoms with Gasteiger partial charge in [-0.2, -0.15) is 0 Å². The summed E-state index contributed by atoms with van der Waals surface area (Å²) in [7, 11) is 0. The predicted molar refractivity (Wildman–Crippen MR) is 125 cm³/mol. The molecule has 1 heterocycles. The number of carbonyl (C=O) groups is 2. The molecule has 0 aliphatic rings. The maximum atomic E-state index is 12.2. The topological polar surface area (TPSA) is 77.8 Å². The summed E-state index contributed by atoms with van der Waals surface area (Å²) in [6.07, 6.45) is 0.966. The molecule has 0 aliphatic heterocycles. The van der Waals surface area contributed by atoms with Crippen LogP contribution in [0.15, 0.2) is 49.1 Å². The van der Waals surface area contributed by atoms with Crippen LogP contribution in [0.4, 0.5) is 0 Å². The molecule has 6 nitrogen and oxygen atoms in total. The van der Waals surface area contributed by atoms with E-state index in [9.17, 15) is 14.7 Å². The number of aliphatic carboxylic acids is 1. The summed E-state index contributed by atoms with van der Waals surface area (Å²) in [4.78, 5) is 23.5. The quantitative estimate of drug-likeness (QED) is 0.338. The lowest BCUT2D eigenvalue weighted by atomic mass is 10.1. The lowest BCUT2D eigenvalue weighted by molar-refractivity contribution is -0.145. The Hall–Kier alpha value is -3.25. The highest BCUT2D eigenvalue weighted by molar-refractivity contribution is 6.31. The van der Waals surface area contributed by atoms with Crippen molar-refractivity contribution < 1.29 is 24.2 Å². The van der Waals surface area contributed by atoms with Crippen LogP contribution in [-0.2, 0) is 16.1 Å². The second-order valence-electron chi connectivity index (χ2n) is 7.52. The summed E-state index contributed by atoms with van der Waals surface area (Å²) in [5.74, 6) is -0.945. The van der Waals surface area contributed by atoms with Gasteiger partial charge in [0.25, 0.3) is 0 Å². The van der Waals surface area contributed by atoms with Gasteiger partial charge in [0, 0.05) is 28.2 Å². The number of hydrogen-bond donors (Lipinski definition) is 1. The van der Waals surface area contributed by atoms with E-state index in [1.807, 2.05) is 26.0 Å². The third kappa shape index (κ3) is 4.81. The molecule has 3 rings (SSSR count). The Balaban J connectivity index is 1.96. The number of aromatic nitrogens is 1. The zero-order valence-electron chi connectivity index (χ0n) is 18.4. The zero-order valence-corrected chi connectivity index (χ0v) is 19.1. The maximum absolute atomic E-state index is 12.2. The summed E-state index contributed by atoms with van der Waals surface area (Å²) in [5, 5.41) is 10.8. The van der Waals surface area contributed by atoms with Crippen molar-refractivity contribution in [2.75, 3.05) is 6.61 Å². The fraction of sp³-hybridized carbons (Fsp3) is 0.280. The Morgan fingerprint density at radius 2 is 1.97 bits per heavy atom. The highest BCUT2D eigenvalue weighted by Crippen LogP contribution is 2.30. The van der Waals surface area contributed by atoms with Gasteiger partial charge in [0.15, 0.2) is 6.10 Å². The number of fused-ring (bicyclic) bond motifs is 1. The Morgan fingerprint density at radius 1 is 1.22 bits per heavy atom. The third-order valence-corrected chi connectivity index (χ3v) is 5.85. The molecule has 0 aliphatic carbocycles. The number of carbonyl (C=O) groups excluding carboxylic acids is 1. The number of nitrogens with zero attached hydrogens (tertiary/aromatic N) is 1. The van der Waals surface area contributed by atoms with Gasteiger partial charge in [0.2, 0.25) is 0 Å². The number of carboxylic acid groups (broad SMARTS) is 1. The minimum Gasteiger partial charge on any atom is -0.479 e. The Bertz CT molecular complexity index is 1180. The SMILES string of the molecule is C=CCOC(=O)c1ccc2c(c1)c(C)c(C)n2Cc1cc(O[C@@H](CC)C(=O)O)ccc1Cl. The number of esters is 1. The number of benzene rings is 2. The van der Waals surface area contributed by atoms with Crippen LogP contribution >= 0.6 is 11.6 Å². The molecular formula is C25H26ClNO5. The first kappa shape index (κ1) is 23.4. The van der Waals surface area contributed by atoms with E-state index in [4.69, 9.17) is 21.1 Å². The van der Waals surface area contributed by atoms with Gasteiger partial charge >= 0.3 is 11.9 Å². The maximum Gasteiger partial charge on any atom is 0.344 e. The molecule has 0 radical (unpaired) electrons. The minimum absolute atomic E-state index is 0.160. The second kappa shape index (κ2) is 9.92. The van der Waals surface area contributed by atoms with Crippen LogP contribution in [0, 0.1) is 13.8 Å². The average molecular weight is 456 g/mol. The van der Waals surface area contributed by atoms with E-state index < -0.39 is 18.0 Å². The number of rotatable bonds is 9. The van der Waals surface area contributed by atoms with Gasteiger partial charge in [-0.05, 0) is 67.8 Å². The number of carboxylic acids is 1. The van der Waals surface area contributed by atoms with Crippen molar-refractivity contribution in [2.24, 2.45) is 0 Å². The first-order valence-corrected chi connectivity index (χ1v) is 10.7. The summed E-state index contributed by atoms with van der Waals surface area (Å²) >= 11 is 6.45. The summed E-state index contributed by atoms with van der Waals surface area (Å²) < 4.78 is 12.9. The standard InChI is InChI=1S/C25H26ClNO5/c1-5-11-31-25(30)17-7-10-22-20(13-17)15(3)16(4)27(22)14-18-12-19(8-9-21(18)26)32-23(6-2)24(28)29/h5,7-10,12-13,23H,1,6,11,14H2,2-4H3,(H,28,29)/t23-/m0/s1. The van der Waals surface area contributed by atoms with E-state index in [0.717, 1.165) is 27.7 Å². The Labute approximate surface area is 192 Å². The second-order valence-corrected chi connectivity index (χ2v) is 7.93. The fourth-order valence-corrected chi connectivity index (χ4v) is 3.76. The summed E-state index contributed by atoms with van der Waals surface area (Å²) in [6, 6.07) is 10.6. The molecule has 0 fully saturated rings. The van der Waals surface area contributed by atoms with Crippen LogP contribution < -0.4 is 4.74 Å². The molecule has 32 heavy (non-hydrogen) atoms. The van der Waals surface area contributed by atoms with E-state index in [1.54, 1.807) is 31.2 Å². The molecule has 0 spiro atoms. The number of hydrogen-bond acceptors (Lipinski definition) is 4. The van der Waals surface area contributed by atoms with Crippen LogP contribution in [0.1, 0.15) is 40.5 Å². The van der Waals surface area contributed by atoms with Crippen molar-refractivity contribution in [1.29, 1.82) is 0 Å². The van der Waals surface area contributed by atoms with Gasteiger partial charge in [-0.15, -0.1) is 0 Å². The van der Waals surface area contributed by atoms with E-state index >= 15 is 0 Å². The van der Waals surface area contributed by atoms with Crippen molar-refractivity contribution in [1.82, 2.24) is 4.57 Å². The van der Waals surface area contributed by atoms with Gasteiger partial charge in [-0.3, -0.25) is 0 Å². The van der Waals surface area contributed by atoms with E-state index in [0.29, 0.717) is 29.3 Å². The number of halogens is 1. The van der Waals surface area contributed by atoms with E-state index in [1.165, 1.54) is 6.08 Å². The molecule has 0 saturated heterocycles. The van der Waals surface area contributed by atoms with Crippen molar-refractivity contribution in [3.8, 4) is 5.75 Å². The van der Waals surface area contributed by atoms with Gasteiger partial charge in [0.1, 0.15) is 12.4 Å². The van der Waals surface area contributed by atoms with E-state index in [-0.39, 0.29) is 6.61 Å². The smallest absolute Gasteiger partial charge is 0.344 e. The van der Waals surface area contributed by atoms with Crippen LogP contribution in [0.2, 0.25) is 5.02 Å². The Morgan fingerprint density at radius 3 is 2.62 bits per heavy atom. The first-order chi connectivity index (χ1) is 15.3. The molecule has 0 unspecified atom stereocenters. The molecule has 1 atom stereocenters. The van der Waals surface area contributed by atoms with Crippen molar-refractivity contribution in [3.63, 3.8) is 0 Å². The molecule has 168 valence electrons. The normalized spacial score (nSPS) is 11.9. The monoisotopic (exact) mass is 455 g/mol. The lowest BCUT2D eigenvalue weighted by Crippen LogP contribution is -2.25. The Kier molecular flexibility index (Phi) is 7.26. The van der Waals surface area contributed by atoms with Crippen LogP contribution in [0.25, 0.3) is 10.9 Å². The summed E-state index contributed by atoms with van der Waals surface area (Å²) in [6.45, 7) is 9.96. The highest BCUT2D eigenvalue weighted by Gasteiger charge is 2.19. The molecule has 3 aromatic rings. The largest absolute Gasteiger partial charge is 0.479 e. The molecule has 2 aromatic carbocycles. The van der Waals surface area contributed by atoms with Crippen LogP contribution in [-0.4, -0.2) is 34.3 Å². The van der Waals surface area contributed by atoms with Gasteiger partial charge in [-0.25, -0.2) is 9.59 Å². The van der Waals surface area contributed by atoms with Crippen molar-refractivity contribution in [3.05, 3.63) is 76.5 Å². The molecular weight excluding hydrogens is 430 g/mol. The van der Waals surface area contributed by atoms with Crippen LogP contribution in [0.3, 0.4) is 0 Å². The van der Waals surface area contributed by atoms with Crippen LogP contribution in [0.5, 0.6) is 5.75 Å². The molecule has 1 N–H and O–H groups in total. The third-order valence-electron chi connectivity index (χ3n) is 5.48. The molecule has 7 heteroatoms. The zero-order chi connectivity index (χ0) is 23.4. The molecule has 0 bridgehead atoms. The van der Waals surface area contributed by atoms with Gasteiger partial charge < -0.3 is 19.1 Å². The lowest BCUT2D eigenvalue weighted by Gasteiger charge is -2.16. The minimum atomic E-state index is -1.01. The predicted octanol–water partition coefficient (Wildman–Crippen LogP) is 5.54. The molecule has 0 amide bonds. The van der Waals surface area contributed by atoms with Crippen molar-refractivity contribution in [2.45, 2.75) is 39.8 Å². The van der Waals surface area contributed by atoms with E-state index in [2.05, 4.69) is 11.1 Å². The number of aryl methyl sites for hydroxylation is 1. The van der Waals surface area contributed by atoms with Gasteiger partial charge in [0.05, 0.1) is 5.56 Å². The van der Waals surface area contributed by atoms with Gasteiger partial charge in [-0.1, -0.05) is 31.2 Å². The summed E-state index contributed by atoms with van der Waals surface area (Å²) in [5.41, 5.74) is 4.33. The first-order valence-electron chi connectivity index (χ1n) is 10.3. The molecule has 1 aromatic heterocycles. The average Bonchev–Trinajstić information content (AvgIpc) is 3.01. The number of ether oxygens (including phenoxy) is 2. The molecule has 0 saturated carbocycles.